The van der Waals surface area contributed by atoms with E-state index in [1.165, 1.54) is 12.1 Å². The Morgan fingerprint density at radius 1 is 1.40 bits per heavy atom. The van der Waals surface area contributed by atoms with Crippen LogP contribution in [0.4, 0.5) is 4.39 Å². The highest BCUT2D eigenvalue weighted by atomic mass is 32.2. The van der Waals surface area contributed by atoms with Crippen LogP contribution < -0.4 is 4.72 Å². The van der Waals surface area contributed by atoms with Gasteiger partial charge in [0.25, 0.3) is 0 Å². The quantitative estimate of drug-likeness (QED) is 0.886. The van der Waals surface area contributed by atoms with Crippen molar-refractivity contribution in [2.24, 2.45) is 5.92 Å². The fraction of sp³-hybridized carbons (Fsp3) is 0.462. The van der Waals surface area contributed by atoms with Crippen LogP contribution in [0.2, 0.25) is 0 Å². The van der Waals surface area contributed by atoms with Crippen LogP contribution in [0.3, 0.4) is 0 Å². The Morgan fingerprint density at radius 3 is 2.65 bits per heavy atom. The maximum absolute atomic E-state index is 13.4. The number of hydrogen-bond donors (Lipinski definition) is 2. The van der Waals surface area contributed by atoms with Crippen molar-refractivity contribution in [3.63, 3.8) is 0 Å². The second-order valence-electron chi connectivity index (χ2n) is 5.08. The van der Waals surface area contributed by atoms with Gasteiger partial charge in [-0.3, -0.25) is 4.79 Å². The highest BCUT2D eigenvalue weighted by Gasteiger charge is 2.32. The van der Waals surface area contributed by atoms with Crippen molar-refractivity contribution in [3.05, 3.63) is 29.6 Å². The molecule has 1 aromatic rings. The standard InChI is InChI=1S/C13H16FNO4S/c1-8-2-5-11(7-12(8)14)20(18,19)15-10-4-3-9(6-10)13(16)17/h2,5,7,9-10,15H,3-4,6H2,1H3,(H,16,17)/t9-,10+/m1/s1. The number of rotatable bonds is 4. The zero-order valence-corrected chi connectivity index (χ0v) is 11.8. The van der Waals surface area contributed by atoms with Crippen molar-refractivity contribution in [3.8, 4) is 0 Å². The van der Waals surface area contributed by atoms with Gasteiger partial charge in [-0.05, 0) is 43.9 Å². The number of benzene rings is 1. The molecule has 1 aromatic carbocycles. The second-order valence-corrected chi connectivity index (χ2v) is 6.79. The van der Waals surface area contributed by atoms with Gasteiger partial charge in [-0.25, -0.2) is 17.5 Å². The molecule has 0 aliphatic heterocycles. The summed E-state index contributed by atoms with van der Waals surface area (Å²) in [7, 11) is -3.82. The molecule has 5 nitrogen and oxygen atoms in total. The van der Waals surface area contributed by atoms with Gasteiger partial charge in [-0.2, -0.15) is 0 Å². The highest BCUT2D eigenvalue weighted by molar-refractivity contribution is 7.89. The molecule has 1 aliphatic rings. The maximum atomic E-state index is 13.4. The first-order valence-corrected chi connectivity index (χ1v) is 7.79. The first kappa shape index (κ1) is 14.9. The molecule has 0 aromatic heterocycles. The zero-order valence-electron chi connectivity index (χ0n) is 11.0. The van der Waals surface area contributed by atoms with Gasteiger partial charge in [0, 0.05) is 6.04 Å². The molecule has 1 saturated carbocycles. The lowest BCUT2D eigenvalue weighted by atomic mass is 10.1. The van der Waals surface area contributed by atoms with Crippen molar-refractivity contribution in [2.45, 2.75) is 37.1 Å². The zero-order chi connectivity index (χ0) is 14.9. The van der Waals surface area contributed by atoms with E-state index in [-0.39, 0.29) is 11.3 Å². The lowest BCUT2D eigenvalue weighted by molar-refractivity contribution is -0.141. The molecule has 2 atom stereocenters. The summed E-state index contributed by atoms with van der Waals surface area (Å²) in [6.45, 7) is 1.55. The largest absolute Gasteiger partial charge is 0.481 e. The molecule has 0 unspecified atom stereocenters. The number of carboxylic acid groups (broad SMARTS) is 1. The third kappa shape index (κ3) is 3.16. The Morgan fingerprint density at radius 2 is 2.10 bits per heavy atom. The van der Waals surface area contributed by atoms with E-state index < -0.39 is 33.8 Å². The smallest absolute Gasteiger partial charge is 0.306 e. The van der Waals surface area contributed by atoms with Gasteiger partial charge in [0.15, 0.2) is 0 Å². The minimum atomic E-state index is -3.82. The molecule has 0 spiro atoms. The molecule has 7 heteroatoms. The maximum Gasteiger partial charge on any atom is 0.306 e. The van der Waals surface area contributed by atoms with E-state index in [1.54, 1.807) is 6.92 Å². The molecule has 1 aliphatic carbocycles. The monoisotopic (exact) mass is 301 g/mol. The molecular weight excluding hydrogens is 285 g/mol. The summed E-state index contributed by atoms with van der Waals surface area (Å²) in [5.41, 5.74) is 0.371. The van der Waals surface area contributed by atoms with Crippen LogP contribution in [0.5, 0.6) is 0 Å². The van der Waals surface area contributed by atoms with Gasteiger partial charge >= 0.3 is 5.97 Å². The summed E-state index contributed by atoms with van der Waals surface area (Å²) in [6.07, 6.45) is 1.19. The number of halogens is 1. The van der Waals surface area contributed by atoms with E-state index in [0.29, 0.717) is 18.4 Å². The van der Waals surface area contributed by atoms with E-state index in [9.17, 15) is 17.6 Å². The van der Waals surface area contributed by atoms with Crippen molar-refractivity contribution < 1.29 is 22.7 Å². The predicted molar refractivity (Wildman–Crippen MR) is 70.2 cm³/mol. The molecule has 0 saturated heterocycles. The van der Waals surface area contributed by atoms with E-state index in [0.717, 1.165) is 6.07 Å². The second kappa shape index (κ2) is 5.49. The molecule has 0 amide bonds. The molecule has 1 fully saturated rings. The molecule has 0 bridgehead atoms. The van der Waals surface area contributed by atoms with Gasteiger partial charge in [-0.15, -0.1) is 0 Å². The van der Waals surface area contributed by atoms with Crippen molar-refractivity contribution in [1.82, 2.24) is 4.72 Å². The van der Waals surface area contributed by atoms with Gasteiger partial charge in [-0.1, -0.05) is 6.07 Å². The highest BCUT2D eigenvalue weighted by Crippen LogP contribution is 2.27. The fourth-order valence-corrected chi connectivity index (χ4v) is 3.64. The average Bonchev–Trinajstić information content (AvgIpc) is 2.80. The van der Waals surface area contributed by atoms with E-state index in [1.807, 2.05) is 0 Å². The lowest BCUT2D eigenvalue weighted by Gasteiger charge is -2.13. The molecular formula is C13H16FNO4S. The van der Waals surface area contributed by atoms with E-state index >= 15 is 0 Å². The van der Waals surface area contributed by atoms with Crippen molar-refractivity contribution in [1.29, 1.82) is 0 Å². The van der Waals surface area contributed by atoms with Crippen LogP contribution in [-0.2, 0) is 14.8 Å². The molecule has 2 rings (SSSR count). The van der Waals surface area contributed by atoms with Crippen LogP contribution in [0, 0.1) is 18.7 Å². The number of aliphatic carboxylic acids is 1. The number of carbonyl (C=O) groups is 1. The summed E-state index contributed by atoms with van der Waals surface area (Å²) in [4.78, 5) is 10.7. The normalized spacial score (nSPS) is 22.9. The van der Waals surface area contributed by atoms with Gasteiger partial charge in [0.1, 0.15) is 5.82 Å². The Labute approximate surface area is 116 Å². The molecule has 0 heterocycles. The molecule has 20 heavy (non-hydrogen) atoms. The topological polar surface area (TPSA) is 83.5 Å². The predicted octanol–water partition coefficient (Wildman–Crippen LogP) is 1.67. The Hall–Kier alpha value is -1.47. The first-order valence-electron chi connectivity index (χ1n) is 6.31. The van der Waals surface area contributed by atoms with E-state index in [2.05, 4.69) is 4.72 Å². The fourth-order valence-electron chi connectivity index (χ4n) is 2.34. The average molecular weight is 301 g/mol. The molecule has 110 valence electrons. The third-order valence-corrected chi connectivity index (χ3v) is 5.08. The number of nitrogens with one attached hydrogen (secondary N) is 1. The van der Waals surface area contributed by atoms with Crippen LogP contribution >= 0.6 is 0 Å². The van der Waals surface area contributed by atoms with Crippen LogP contribution in [0.1, 0.15) is 24.8 Å². The minimum absolute atomic E-state index is 0.139. The lowest BCUT2D eigenvalue weighted by Crippen LogP contribution is -2.33. The van der Waals surface area contributed by atoms with E-state index in [4.69, 9.17) is 5.11 Å². The number of hydrogen-bond acceptors (Lipinski definition) is 3. The number of sulfonamides is 1. The van der Waals surface area contributed by atoms with Crippen LogP contribution in [0.15, 0.2) is 23.1 Å². The van der Waals surface area contributed by atoms with Crippen LogP contribution in [0.25, 0.3) is 0 Å². The molecule has 2 N–H and O–H groups in total. The Kier molecular flexibility index (Phi) is 4.10. The molecule has 0 radical (unpaired) electrons. The van der Waals surface area contributed by atoms with Crippen molar-refractivity contribution >= 4 is 16.0 Å². The summed E-state index contributed by atoms with van der Waals surface area (Å²) in [5, 5.41) is 8.89. The SMILES string of the molecule is Cc1ccc(S(=O)(=O)N[C@H]2CC[C@@H](C(=O)O)C2)cc1F. The van der Waals surface area contributed by atoms with Gasteiger partial charge in [0.05, 0.1) is 10.8 Å². The number of aryl methyl sites for hydroxylation is 1. The third-order valence-electron chi connectivity index (χ3n) is 3.56. The first-order chi connectivity index (χ1) is 9.29. The number of carboxylic acids is 1. The Bertz CT molecular complexity index is 629. The van der Waals surface area contributed by atoms with Crippen LogP contribution in [-0.4, -0.2) is 25.5 Å². The van der Waals surface area contributed by atoms with Gasteiger partial charge in [0.2, 0.25) is 10.0 Å². The summed E-state index contributed by atoms with van der Waals surface area (Å²) >= 11 is 0. The Balaban J connectivity index is 2.12. The van der Waals surface area contributed by atoms with Gasteiger partial charge < -0.3 is 5.11 Å². The summed E-state index contributed by atoms with van der Waals surface area (Å²) in [5.74, 6) is -2.01. The summed E-state index contributed by atoms with van der Waals surface area (Å²) < 4.78 is 40.1. The minimum Gasteiger partial charge on any atom is -0.481 e. The summed E-state index contributed by atoms with van der Waals surface area (Å²) in [6, 6.07) is 3.30. The van der Waals surface area contributed by atoms with Crippen molar-refractivity contribution in [2.75, 3.05) is 0 Å².